The molecule has 7 heteroatoms. The third-order valence-electron chi connectivity index (χ3n) is 4.18. The van der Waals surface area contributed by atoms with Gasteiger partial charge < -0.3 is 15.5 Å². The van der Waals surface area contributed by atoms with Gasteiger partial charge in [0.15, 0.2) is 5.96 Å². The Morgan fingerprint density at radius 3 is 2.92 bits per heavy atom. The van der Waals surface area contributed by atoms with E-state index in [1.54, 1.807) is 7.05 Å². The van der Waals surface area contributed by atoms with Crippen molar-refractivity contribution in [2.75, 3.05) is 26.7 Å². The van der Waals surface area contributed by atoms with Crippen LogP contribution in [0.3, 0.4) is 0 Å². The third-order valence-corrected chi connectivity index (χ3v) is 4.18. The first-order chi connectivity index (χ1) is 11.5. The molecule has 1 aliphatic rings. The van der Waals surface area contributed by atoms with E-state index in [9.17, 15) is 4.79 Å². The number of carbonyl (C=O) groups is 1. The Hall–Kier alpha value is -2.05. The Labute approximate surface area is 144 Å². The number of rotatable bonds is 6. The van der Waals surface area contributed by atoms with Crippen LogP contribution >= 0.6 is 0 Å². The summed E-state index contributed by atoms with van der Waals surface area (Å²) in [4.78, 5) is 18.3. The average molecular weight is 334 g/mol. The highest BCUT2D eigenvalue weighted by Gasteiger charge is 2.27. The van der Waals surface area contributed by atoms with Gasteiger partial charge in [-0.05, 0) is 25.3 Å². The zero-order valence-electron chi connectivity index (χ0n) is 15.2. The zero-order valence-corrected chi connectivity index (χ0v) is 15.2. The van der Waals surface area contributed by atoms with E-state index < -0.39 is 0 Å². The van der Waals surface area contributed by atoms with Crippen LogP contribution in [0.15, 0.2) is 17.4 Å². The normalized spacial score (nSPS) is 18.3. The fourth-order valence-electron chi connectivity index (χ4n) is 2.87. The molecule has 1 atom stereocenters. The number of nitrogens with one attached hydrogen (secondary N) is 2. The van der Waals surface area contributed by atoms with Gasteiger partial charge in [-0.15, -0.1) is 0 Å². The first-order valence-corrected chi connectivity index (χ1v) is 8.74. The maximum absolute atomic E-state index is 12.0. The molecule has 1 unspecified atom stereocenters. The first-order valence-electron chi connectivity index (χ1n) is 8.74. The molecular formula is C17H30N6O. The van der Waals surface area contributed by atoms with Crippen LogP contribution in [0.1, 0.15) is 32.3 Å². The van der Waals surface area contributed by atoms with Crippen LogP contribution in [-0.2, 0) is 11.3 Å². The molecule has 134 valence electrons. The molecule has 0 bridgehead atoms. The molecule has 7 nitrogen and oxygen atoms in total. The Morgan fingerprint density at radius 2 is 2.29 bits per heavy atom. The lowest BCUT2D eigenvalue weighted by molar-refractivity contribution is -0.133. The van der Waals surface area contributed by atoms with Crippen LogP contribution in [0.4, 0.5) is 0 Å². The Morgan fingerprint density at radius 1 is 1.50 bits per heavy atom. The van der Waals surface area contributed by atoms with Crippen molar-refractivity contribution in [3.05, 3.63) is 18.0 Å². The summed E-state index contributed by atoms with van der Waals surface area (Å²) in [7, 11) is 1.78. The quantitative estimate of drug-likeness (QED) is 0.462. The number of aromatic nitrogens is 2. The maximum atomic E-state index is 12.0. The van der Waals surface area contributed by atoms with Gasteiger partial charge in [-0.25, -0.2) is 0 Å². The van der Waals surface area contributed by atoms with Crippen molar-refractivity contribution in [1.82, 2.24) is 25.3 Å². The summed E-state index contributed by atoms with van der Waals surface area (Å²) < 4.78 is 1.96. The van der Waals surface area contributed by atoms with Gasteiger partial charge in [0.25, 0.3) is 0 Å². The van der Waals surface area contributed by atoms with Crippen molar-refractivity contribution >= 4 is 11.9 Å². The predicted molar refractivity (Wildman–Crippen MR) is 95.9 cm³/mol. The molecule has 2 heterocycles. The minimum atomic E-state index is 0.0621. The molecule has 1 saturated heterocycles. The number of likely N-dealkylation sites (tertiary alicyclic amines) is 1. The van der Waals surface area contributed by atoms with Crippen molar-refractivity contribution in [3.8, 4) is 0 Å². The van der Waals surface area contributed by atoms with Gasteiger partial charge >= 0.3 is 0 Å². The van der Waals surface area contributed by atoms with Gasteiger partial charge in [-0.3, -0.25) is 14.5 Å². The lowest BCUT2D eigenvalue weighted by atomic mass is 10.2. The van der Waals surface area contributed by atoms with E-state index in [1.807, 2.05) is 42.7 Å². The summed E-state index contributed by atoms with van der Waals surface area (Å²) in [5, 5.41) is 11.0. The second-order valence-corrected chi connectivity index (χ2v) is 6.70. The SMILES string of the molecule is CN=C(NCCCn1cc(C)cn1)NC1CCN(C(=O)C(C)C)C1. The number of hydrogen-bond acceptors (Lipinski definition) is 3. The molecule has 1 amide bonds. The topological polar surface area (TPSA) is 74.6 Å². The summed E-state index contributed by atoms with van der Waals surface area (Å²) in [6.07, 6.45) is 5.86. The van der Waals surface area contributed by atoms with Gasteiger partial charge in [0.1, 0.15) is 0 Å². The number of amides is 1. The van der Waals surface area contributed by atoms with E-state index >= 15 is 0 Å². The van der Waals surface area contributed by atoms with Crippen molar-refractivity contribution in [3.63, 3.8) is 0 Å². The molecule has 2 N–H and O–H groups in total. The molecule has 1 aromatic rings. The summed E-state index contributed by atoms with van der Waals surface area (Å²) >= 11 is 0. The Balaban J connectivity index is 1.68. The number of hydrogen-bond donors (Lipinski definition) is 2. The molecule has 0 saturated carbocycles. The first kappa shape index (κ1) is 18.3. The molecule has 1 aromatic heterocycles. The van der Waals surface area contributed by atoms with Crippen LogP contribution in [0.5, 0.6) is 0 Å². The molecule has 0 aliphatic carbocycles. The van der Waals surface area contributed by atoms with Gasteiger partial charge in [-0.1, -0.05) is 13.8 Å². The van der Waals surface area contributed by atoms with Gasteiger partial charge in [0, 0.05) is 51.4 Å². The number of aryl methyl sites for hydroxylation is 2. The molecule has 2 rings (SSSR count). The van der Waals surface area contributed by atoms with E-state index in [0.717, 1.165) is 45.0 Å². The molecule has 24 heavy (non-hydrogen) atoms. The second-order valence-electron chi connectivity index (χ2n) is 6.70. The second kappa shape index (κ2) is 8.70. The minimum absolute atomic E-state index is 0.0621. The Kier molecular flexibility index (Phi) is 6.63. The zero-order chi connectivity index (χ0) is 17.5. The van der Waals surface area contributed by atoms with Crippen molar-refractivity contribution < 1.29 is 4.79 Å². The monoisotopic (exact) mass is 334 g/mol. The largest absolute Gasteiger partial charge is 0.356 e. The highest BCUT2D eigenvalue weighted by molar-refractivity contribution is 5.81. The van der Waals surface area contributed by atoms with Crippen LogP contribution < -0.4 is 10.6 Å². The Bertz CT molecular complexity index is 565. The van der Waals surface area contributed by atoms with Crippen LogP contribution in [-0.4, -0.2) is 59.3 Å². The van der Waals surface area contributed by atoms with E-state index in [0.29, 0.717) is 0 Å². The predicted octanol–water partition coefficient (Wildman–Crippen LogP) is 1.00. The summed E-state index contributed by atoms with van der Waals surface area (Å²) in [6.45, 7) is 9.24. The third kappa shape index (κ3) is 5.25. The highest BCUT2D eigenvalue weighted by atomic mass is 16.2. The number of guanidine groups is 1. The van der Waals surface area contributed by atoms with Gasteiger partial charge in [-0.2, -0.15) is 5.10 Å². The minimum Gasteiger partial charge on any atom is -0.356 e. The van der Waals surface area contributed by atoms with Gasteiger partial charge in [0.2, 0.25) is 5.91 Å². The van der Waals surface area contributed by atoms with E-state index in [4.69, 9.17) is 0 Å². The number of aliphatic imine (C=N–C) groups is 1. The standard InChI is InChI=1S/C17H30N6O/c1-13(2)16(24)22-9-6-15(12-22)21-17(18-4)19-7-5-8-23-11-14(3)10-20-23/h10-11,13,15H,5-9,12H2,1-4H3,(H2,18,19,21). The number of nitrogens with zero attached hydrogens (tertiary/aromatic N) is 4. The maximum Gasteiger partial charge on any atom is 0.225 e. The van der Waals surface area contributed by atoms with Crippen LogP contribution in [0.2, 0.25) is 0 Å². The highest BCUT2D eigenvalue weighted by Crippen LogP contribution is 2.12. The lowest BCUT2D eigenvalue weighted by Crippen LogP contribution is -2.45. The molecular weight excluding hydrogens is 304 g/mol. The molecule has 0 radical (unpaired) electrons. The molecule has 1 aliphatic heterocycles. The van der Waals surface area contributed by atoms with E-state index in [-0.39, 0.29) is 17.9 Å². The van der Waals surface area contributed by atoms with Crippen molar-refractivity contribution in [1.29, 1.82) is 0 Å². The molecule has 0 spiro atoms. The van der Waals surface area contributed by atoms with Crippen LogP contribution in [0, 0.1) is 12.8 Å². The van der Waals surface area contributed by atoms with E-state index in [2.05, 4.69) is 20.7 Å². The smallest absolute Gasteiger partial charge is 0.225 e. The lowest BCUT2D eigenvalue weighted by Gasteiger charge is -2.20. The van der Waals surface area contributed by atoms with Crippen LogP contribution in [0.25, 0.3) is 0 Å². The average Bonchev–Trinajstić information content (AvgIpc) is 3.18. The van der Waals surface area contributed by atoms with E-state index in [1.165, 1.54) is 5.56 Å². The fraction of sp³-hybridized carbons (Fsp3) is 0.706. The summed E-state index contributed by atoms with van der Waals surface area (Å²) in [6, 6.07) is 0.271. The van der Waals surface area contributed by atoms with Crippen molar-refractivity contribution in [2.45, 2.75) is 46.2 Å². The summed E-state index contributed by atoms with van der Waals surface area (Å²) in [5.74, 6) is 1.10. The fourth-order valence-corrected chi connectivity index (χ4v) is 2.87. The number of carbonyl (C=O) groups excluding carboxylic acids is 1. The van der Waals surface area contributed by atoms with Gasteiger partial charge in [0.05, 0.1) is 6.20 Å². The molecule has 1 fully saturated rings. The van der Waals surface area contributed by atoms with Crippen molar-refractivity contribution in [2.24, 2.45) is 10.9 Å². The molecule has 0 aromatic carbocycles. The summed E-state index contributed by atoms with van der Waals surface area (Å²) in [5.41, 5.74) is 1.18.